The van der Waals surface area contributed by atoms with E-state index in [1.807, 2.05) is 4.90 Å². The molecule has 1 aromatic rings. The van der Waals surface area contributed by atoms with Crippen LogP contribution < -0.4 is 4.90 Å². The lowest BCUT2D eigenvalue weighted by Crippen LogP contribution is -2.48. The Labute approximate surface area is 130 Å². The highest BCUT2D eigenvalue weighted by Crippen LogP contribution is 2.31. The number of β-amino-alcohol motifs (C(OH)–C–C–N with tert-alkyl or cyclic N) is 1. The molecule has 0 aromatic heterocycles. The van der Waals surface area contributed by atoms with E-state index in [0.29, 0.717) is 30.7 Å². The summed E-state index contributed by atoms with van der Waals surface area (Å²) < 4.78 is 38.2. The van der Waals surface area contributed by atoms with Crippen molar-refractivity contribution in [1.82, 2.24) is 4.90 Å². The zero-order chi connectivity index (χ0) is 15.5. The maximum absolute atomic E-state index is 12.7. The van der Waals surface area contributed by atoms with Crippen molar-refractivity contribution in [1.29, 1.82) is 0 Å². The molecule has 0 radical (unpaired) electrons. The zero-order valence-electron chi connectivity index (χ0n) is 11.5. The normalized spacial score (nSPS) is 18.8. The van der Waals surface area contributed by atoms with E-state index < -0.39 is 17.8 Å². The maximum Gasteiger partial charge on any atom is 0.416 e. The monoisotopic (exact) mass is 366 g/mol. The van der Waals surface area contributed by atoms with Crippen LogP contribution in [0.5, 0.6) is 0 Å². The van der Waals surface area contributed by atoms with Gasteiger partial charge in [-0.25, -0.2) is 0 Å². The summed E-state index contributed by atoms with van der Waals surface area (Å²) in [6.45, 7) is 3.38. The third-order valence-electron chi connectivity index (χ3n) is 3.56. The topological polar surface area (TPSA) is 26.7 Å². The average molecular weight is 367 g/mol. The number of nitrogens with zero attached hydrogens (tertiary/aromatic N) is 2. The fraction of sp³-hybridized carbons (Fsp3) is 0.571. The van der Waals surface area contributed by atoms with Crippen molar-refractivity contribution in [2.45, 2.75) is 12.3 Å². The molecule has 21 heavy (non-hydrogen) atoms. The van der Waals surface area contributed by atoms with E-state index in [-0.39, 0.29) is 0 Å². The molecule has 0 aliphatic carbocycles. The molecule has 1 heterocycles. The van der Waals surface area contributed by atoms with Crippen molar-refractivity contribution in [3.05, 3.63) is 29.8 Å². The second-order valence-corrected chi connectivity index (χ2v) is 5.79. The van der Waals surface area contributed by atoms with Crippen LogP contribution in [0.3, 0.4) is 0 Å². The van der Waals surface area contributed by atoms with Gasteiger partial charge in [0.15, 0.2) is 0 Å². The molecule has 1 saturated heterocycles. The molecule has 118 valence electrons. The molecular weight excluding hydrogens is 349 g/mol. The lowest BCUT2D eigenvalue weighted by Gasteiger charge is -2.37. The largest absolute Gasteiger partial charge is 0.416 e. The van der Waals surface area contributed by atoms with Crippen molar-refractivity contribution < 1.29 is 18.3 Å². The predicted molar refractivity (Wildman–Crippen MR) is 79.9 cm³/mol. The number of rotatable bonds is 4. The molecule has 0 bridgehead atoms. The Morgan fingerprint density at radius 1 is 1.19 bits per heavy atom. The van der Waals surface area contributed by atoms with E-state index in [1.165, 1.54) is 12.1 Å². The van der Waals surface area contributed by atoms with Crippen LogP contribution in [-0.2, 0) is 6.18 Å². The quantitative estimate of drug-likeness (QED) is 0.829. The van der Waals surface area contributed by atoms with Crippen LogP contribution in [-0.4, -0.2) is 54.2 Å². The predicted octanol–water partition coefficient (Wildman–Crippen LogP) is 2.58. The van der Waals surface area contributed by atoms with Gasteiger partial charge < -0.3 is 10.0 Å². The first-order chi connectivity index (χ1) is 9.90. The van der Waals surface area contributed by atoms with Gasteiger partial charge in [-0.2, -0.15) is 13.2 Å². The highest BCUT2D eigenvalue weighted by Gasteiger charge is 2.31. The molecule has 3 nitrogen and oxygen atoms in total. The van der Waals surface area contributed by atoms with Gasteiger partial charge in [0.25, 0.3) is 0 Å². The molecular formula is C14H18BrF3N2O. The van der Waals surface area contributed by atoms with Gasteiger partial charge in [-0.05, 0) is 18.2 Å². The summed E-state index contributed by atoms with van der Waals surface area (Å²) >= 11 is 3.22. The lowest BCUT2D eigenvalue weighted by atomic mass is 10.1. The molecule has 1 unspecified atom stereocenters. The maximum atomic E-state index is 12.7. The molecule has 1 N–H and O–H groups in total. The van der Waals surface area contributed by atoms with Crippen LogP contribution in [0, 0.1) is 0 Å². The van der Waals surface area contributed by atoms with Crippen molar-refractivity contribution in [2.75, 3.05) is 43.0 Å². The third kappa shape index (κ3) is 4.59. The van der Waals surface area contributed by atoms with Crippen LogP contribution in [0.1, 0.15) is 5.56 Å². The molecule has 0 saturated carbocycles. The third-order valence-corrected chi connectivity index (χ3v) is 4.31. The first-order valence-electron chi connectivity index (χ1n) is 6.79. The summed E-state index contributed by atoms with van der Waals surface area (Å²) in [5.74, 6) is 0. The van der Waals surface area contributed by atoms with Gasteiger partial charge in [0.05, 0.1) is 11.7 Å². The molecule has 1 aromatic carbocycles. The number of aliphatic hydroxyl groups is 1. The van der Waals surface area contributed by atoms with E-state index in [1.54, 1.807) is 6.07 Å². The molecule has 0 spiro atoms. The van der Waals surface area contributed by atoms with E-state index in [4.69, 9.17) is 0 Å². The van der Waals surface area contributed by atoms with Crippen LogP contribution in [0.4, 0.5) is 18.9 Å². The second-order valence-electron chi connectivity index (χ2n) is 5.14. The Hall–Kier alpha value is -0.790. The van der Waals surface area contributed by atoms with E-state index in [2.05, 4.69) is 20.8 Å². The lowest BCUT2D eigenvalue weighted by molar-refractivity contribution is -0.137. The fourth-order valence-corrected chi connectivity index (χ4v) is 2.62. The van der Waals surface area contributed by atoms with E-state index in [0.717, 1.165) is 19.2 Å². The summed E-state index contributed by atoms with van der Waals surface area (Å²) in [6.07, 6.45) is -4.72. The van der Waals surface area contributed by atoms with Gasteiger partial charge in [-0.1, -0.05) is 22.0 Å². The molecule has 1 aliphatic heterocycles. The van der Waals surface area contributed by atoms with Crippen molar-refractivity contribution >= 4 is 21.6 Å². The minimum atomic E-state index is -4.31. The van der Waals surface area contributed by atoms with Gasteiger partial charge in [0, 0.05) is 43.7 Å². The zero-order valence-corrected chi connectivity index (χ0v) is 13.1. The Morgan fingerprint density at radius 2 is 1.86 bits per heavy atom. The average Bonchev–Trinajstić information content (AvgIpc) is 2.47. The number of piperazine rings is 1. The number of hydrogen-bond acceptors (Lipinski definition) is 3. The minimum absolute atomic E-state index is 0.412. The van der Waals surface area contributed by atoms with Crippen LogP contribution in [0.2, 0.25) is 0 Å². The van der Waals surface area contributed by atoms with Gasteiger partial charge in [-0.3, -0.25) is 4.90 Å². The smallest absolute Gasteiger partial charge is 0.391 e. The second kappa shape index (κ2) is 6.98. The van der Waals surface area contributed by atoms with Gasteiger partial charge >= 0.3 is 6.18 Å². The van der Waals surface area contributed by atoms with Crippen LogP contribution in [0.25, 0.3) is 0 Å². The molecule has 2 rings (SSSR count). The van der Waals surface area contributed by atoms with Gasteiger partial charge in [0.1, 0.15) is 0 Å². The summed E-state index contributed by atoms with van der Waals surface area (Å²) in [4.78, 5) is 4.07. The molecule has 7 heteroatoms. The Morgan fingerprint density at radius 3 is 2.43 bits per heavy atom. The molecule has 1 aliphatic rings. The van der Waals surface area contributed by atoms with E-state index in [9.17, 15) is 18.3 Å². The highest BCUT2D eigenvalue weighted by atomic mass is 79.9. The first kappa shape index (κ1) is 16.6. The number of benzene rings is 1. The molecule has 0 amide bonds. The molecule has 1 fully saturated rings. The number of hydrogen-bond donors (Lipinski definition) is 1. The number of anilines is 1. The van der Waals surface area contributed by atoms with Gasteiger partial charge in [-0.15, -0.1) is 0 Å². The standard InChI is InChI=1S/C14H18BrF3N2O/c15-9-13(21)10-19-4-6-20(7-5-19)12-3-1-2-11(8-12)14(16,17)18/h1-3,8,13,21H,4-7,9-10H2. The Bertz CT molecular complexity index is 462. The number of halogens is 4. The number of aliphatic hydroxyl groups excluding tert-OH is 1. The van der Waals surface area contributed by atoms with Crippen LogP contribution >= 0.6 is 15.9 Å². The SMILES string of the molecule is OC(CBr)CN1CCN(c2cccc(C(F)(F)F)c2)CC1. The highest BCUT2D eigenvalue weighted by molar-refractivity contribution is 9.09. The Balaban J connectivity index is 1.96. The Kier molecular flexibility index (Phi) is 5.51. The van der Waals surface area contributed by atoms with Crippen molar-refractivity contribution in [3.63, 3.8) is 0 Å². The summed E-state index contributed by atoms with van der Waals surface area (Å²) in [5.41, 5.74) is -0.0114. The summed E-state index contributed by atoms with van der Waals surface area (Å²) in [7, 11) is 0. The van der Waals surface area contributed by atoms with Crippen molar-refractivity contribution in [2.24, 2.45) is 0 Å². The van der Waals surface area contributed by atoms with E-state index >= 15 is 0 Å². The van der Waals surface area contributed by atoms with Crippen LogP contribution in [0.15, 0.2) is 24.3 Å². The first-order valence-corrected chi connectivity index (χ1v) is 7.91. The fourth-order valence-electron chi connectivity index (χ4n) is 2.41. The van der Waals surface area contributed by atoms with Gasteiger partial charge in [0.2, 0.25) is 0 Å². The molecule has 1 atom stereocenters. The summed E-state index contributed by atoms with van der Waals surface area (Å²) in [5, 5.41) is 10.1. The summed E-state index contributed by atoms with van der Waals surface area (Å²) in [6, 6.07) is 5.44. The minimum Gasteiger partial charge on any atom is -0.391 e. The number of alkyl halides is 4. The van der Waals surface area contributed by atoms with Crippen molar-refractivity contribution in [3.8, 4) is 0 Å².